The molecule has 0 spiro atoms. The Morgan fingerprint density at radius 3 is 2.57 bits per heavy atom. The fourth-order valence-corrected chi connectivity index (χ4v) is 3.47. The van der Waals surface area contributed by atoms with E-state index in [2.05, 4.69) is 5.32 Å². The van der Waals surface area contributed by atoms with Gasteiger partial charge in [0.25, 0.3) is 5.91 Å². The molecule has 2 unspecified atom stereocenters. The van der Waals surface area contributed by atoms with E-state index < -0.39 is 0 Å². The van der Waals surface area contributed by atoms with E-state index in [4.69, 9.17) is 4.74 Å². The van der Waals surface area contributed by atoms with Crippen molar-refractivity contribution in [2.24, 2.45) is 0 Å². The number of halogens is 1. The van der Waals surface area contributed by atoms with Gasteiger partial charge < -0.3 is 15.0 Å². The van der Waals surface area contributed by atoms with Gasteiger partial charge in [0, 0.05) is 30.7 Å². The molecule has 2 saturated heterocycles. The topological polar surface area (TPSA) is 41.6 Å². The lowest BCUT2D eigenvalue weighted by Crippen LogP contribution is -2.48. The monoisotopic (exact) mass is 310 g/mol. The second kappa shape index (κ2) is 6.67. The average molecular weight is 311 g/mol. The van der Waals surface area contributed by atoms with Crippen LogP contribution in [-0.2, 0) is 0 Å². The minimum atomic E-state index is 0. The Balaban J connectivity index is 0.00000161. The van der Waals surface area contributed by atoms with Crippen molar-refractivity contribution < 1.29 is 9.53 Å². The Hall–Kier alpha value is -1.26. The molecule has 2 bridgehead atoms. The third kappa shape index (κ3) is 3.33. The van der Waals surface area contributed by atoms with Gasteiger partial charge in [-0.05, 0) is 43.9 Å². The SMILES string of the molecule is COc1cccc(C(=O)N(C)C2CC3CCC(C2)N3)c1.Cl. The second-order valence-electron chi connectivity index (χ2n) is 5.91. The summed E-state index contributed by atoms with van der Waals surface area (Å²) in [6, 6.07) is 8.95. The average Bonchev–Trinajstić information content (AvgIpc) is 2.84. The third-order valence-electron chi connectivity index (χ3n) is 4.63. The summed E-state index contributed by atoms with van der Waals surface area (Å²) in [7, 11) is 3.55. The molecule has 2 atom stereocenters. The summed E-state index contributed by atoms with van der Waals surface area (Å²) < 4.78 is 5.19. The second-order valence-corrected chi connectivity index (χ2v) is 5.91. The van der Waals surface area contributed by atoms with Crippen LogP contribution in [0.3, 0.4) is 0 Å². The van der Waals surface area contributed by atoms with Crippen molar-refractivity contribution in [3.05, 3.63) is 29.8 Å². The lowest BCUT2D eigenvalue weighted by Gasteiger charge is -2.35. The molecular formula is C16H23ClN2O2. The zero-order valence-electron chi connectivity index (χ0n) is 12.5. The highest BCUT2D eigenvalue weighted by Gasteiger charge is 2.36. The minimum absolute atomic E-state index is 0. The van der Waals surface area contributed by atoms with Crippen LogP contribution in [0.25, 0.3) is 0 Å². The van der Waals surface area contributed by atoms with Gasteiger partial charge >= 0.3 is 0 Å². The number of amides is 1. The molecule has 0 aliphatic carbocycles. The van der Waals surface area contributed by atoms with E-state index in [0.29, 0.717) is 23.7 Å². The lowest BCUT2D eigenvalue weighted by molar-refractivity contribution is 0.0681. The molecule has 2 aliphatic heterocycles. The van der Waals surface area contributed by atoms with E-state index >= 15 is 0 Å². The molecule has 2 fully saturated rings. The van der Waals surface area contributed by atoms with Gasteiger partial charge in [-0.1, -0.05) is 6.07 Å². The van der Waals surface area contributed by atoms with Gasteiger partial charge in [-0.25, -0.2) is 0 Å². The van der Waals surface area contributed by atoms with E-state index in [1.54, 1.807) is 7.11 Å². The molecule has 1 amide bonds. The molecule has 0 radical (unpaired) electrons. The number of hydrogen-bond donors (Lipinski definition) is 1. The number of fused-ring (bicyclic) bond motifs is 2. The largest absolute Gasteiger partial charge is 0.497 e. The molecule has 1 aromatic carbocycles. The molecule has 1 N–H and O–H groups in total. The predicted octanol–water partition coefficient (Wildman–Crippen LogP) is 2.47. The van der Waals surface area contributed by atoms with Crippen LogP contribution in [0.4, 0.5) is 0 Å². The van der Waals surface area contributed by atoms with E-state index in [-0.39, 0.29) is 18.3 Å². The maximum atomic E-state index is 12.6. The molecule has 0 aromatic heterocycles. The molecule has 116 valence electrons. The van der Waals surface area contributed by atoms with E-state index in [1.807, 2.05) is 36.2 Å². The zero-order chi connectivity index (χ0) is 14.1. The van der Waals surface area contributed by atoms with Crippen molar-refractivity contribution in [3.8, 4) is 5.75 Å². The number of nitrogens with zero attached hydrogens (tertiary/aromatic N) is 1. The number of rotatable bonds is 3. The van der Waals surface area contributed by atoms with Crippen molar-refractivity contribution in [3.63, 3.8) is 0 Å². The van der Waals surface area contributed by atoms with Crippen molar-refractivity contribution in [1.29, 1.82) is 0 Å². The van der Waals surface area contributed by atoms with Gasteiger partial charge in [0.1, 0.15) is 5.75 Å². The first kappa shape index (κ1) is 16.1. The summed E-state index contributed by atoms with van der Waals surface area (Å²) in [5.41, 5.74) is 0.706. The van der Waals surface area contributed by atoms with Crippen LogP contribution in [0.15, 0.2) is 24.3 Å². The first-order chi connectivity index (χ1) is 9.67. The Bertz CT molecular complexity index is 497. The van der Waals surface area contributed by atoms with Crippen molar-refractivity contribution in [2.45, 2.75) is 43.8 Å². The number of carbonyl (C=O) groups excluding carboxylic acids is 1. The van der Waals surface area contributed by atoms with Crippen LogP contribution in [0.5, 0.6) is 5.75 Å². The van der Waals surface area contributed by atoms with Crippen molar-refractivity contribution >= 4 is 18.3 Å². The third-order valence-corrected chi connectivity index (χ3v) is 4.63. The van der Waals surface area contributed by atoms with Gasteiger partial charge in [-0.15, -0.1) is 12.4 Å². The highest BCUT2D eigenvalue weighted by Crippen LogP contribution is 2.30. The van der Waals surface area contributed by atoms with Crippen LogP contribution in [0, 0.1) is 0 Å². The number of carbonyl (C=O) groups is 1. The lowest BCUT2D eigenvalue weighted by atomic mass is 9.98. The van der Waals surface area contributed by atoms with E-state index in [0.717, 1.165) is 18.6 Å². The summed E-state index contributed by atoms with van der Waals surface area (Å²) in [5, 5.41) is 3.61. The molecule has 0 saturated carbocycles. The molecule has 1 aromatic rings. The van der Waals surface area contributed by atoms with Crippen molar-refractivity contribution in [2.75, 3.05) is 14.2 Å². The number of ether oxygens (including phenoxy) is 1. The molecule has 5 heteroatoms. The quantitative estimate of drug-likeness (QED) is 0.932. The first-order valence-corrected chi connectivity index (χ1v) is 7.34. The number of methoxy groups -OCH3 is 1. The van der Waals surface area contributed by atoms with Crippen LogP contribution in [-0.4, -0.2) is 43.1 Å². The number of nitrogens with one attached hydrogen (secondary N) is 1. The Morgan fingerprint density at radius 2 is 1.95 bits per heavy atom. The molecule has 4 nitrogen and oxygen atoms in total. The maximum absolute atomic E-state index is 12.6. The summed E-state index contributed by atoms with van der Waals surface area (Å²) >= 11 is 0. The van der Waals surface area contributed by atoms with Crippen LogP contribution in [0.1, 0.15) is 36.0 Å². The van der Waals surface area contributed by atoms with Gasteiger partial charge in [0.15, 0.2) is 0 Å². The fourth-order valence-electron chi connectivity index (χ4n) is 3.47. The summed E-state index contributed by atoms with van der Waals surface area (Å²) in [6.45, 7) is 0. The standard InChI is InChI=1S/C16H22N2O2.ClH/c1-18(14-9-12-6-7-13(10-14)17-12)16(19)11-4-3-5-15(8-11)20-2;/h3-5,8,12-14,17H,6-7,9-10H2,1-2H3;1H. The first-order valence-electron chi connectivity index (χ1n) is 7.34. The van der Waals surface area contributed by atoms with Crippen LogP contribution < -0.4 is 10.1 Å². The summed E-state index contributed by atoms with van der Waals surface area (Å²) in [5.74, 6) is 0.824. The maximum Gasteiger partial charge on any atom is 0.253 e. The Morgan fingerprint density at radius 1 is 1.29 bits per heavy atom. The highest BCUT2D eigenvalue weighted by atomic mass is 35.5. The Kier molecular flexibility index (Phi) is 5.12. The highest BCUT2D eigenvalue weighted by molar-refractivity contribution is 5.94. The van der Waals surface area contributed by atoms with Crippen LogP contribution in [0.2, 0.25) is 0 Å². The summed E-state index contributed by atoms with van der Waals surface area (Å²) in [6.07, 6.45) is 4.65. The van der Waals surface area contributed by atoms with Gasteiger partial charge in [-0.2, -0.15) is 0 Å². The predicted molar refractivity (Wildman–Crippen MR) is 85.3 cm³/mol. The number of hydrogen-bond acceptors (Lipinski definition) is 3. The van der Waals surface area contributed by atoms with Crippen molar-refractivity contribution in [1.82, 2.24) is 10.2 Å². The molecule has 3 rings (SSSR count). The molecule has 21 heavy (non-hydrogen) atoms. The van der Waals surface area contributed by atoms with Crippen LogP contribution >= 0.6 is 12.4 Å². The zero-order valence-corrected chi connectivity index (χ0v) is 13.4. The van der Waals surface area contributed by atoms with Gasteiger partial charge in [0.05, 0.1) is 7.11 Å². The van der Waals surface area contributed by atoms with E-state index in [1.165, 1.54) is 12.8 Å². The van der Waals surface area contributed by atoms with Gasteiger partial charge in [-0.3, -0.25) is 4.79 Å². The molecule has 2 aliphatic rings. The number of benzene rings is 1. The molecular weight excluding hydrogens is 288 g/mol. The number of piperidine rings is 1. The van der Waals surface area contributed by atoms with E-state index in [9.17, 15) is 4.79 Å². The fraction of sp³-hybridized carbons (Fsp3) is 0.562. The smallest absolute Gasteiger partial charge is 0.253 e. The molecule has 2 heterocycles. The normalized spacial score (nSPS) is 26.9. The van der Waals surface area contributed by atoms with Gasteiger partial charge in [0.2, 0.25) is 0 Å². The Labute approximate surface area is 132 Å². The minimum Gasteiger partial charge on any atom is -0.497 e. The summed E-state index contributed by atoms with van der Waals surface area (Å²) in [4.78, 5) is 14.5.